The normalized spacial score (nSPS) is 41.5. The van der Waals surface area contributed by atoms with Crippen molar-refractivity contribution in [2.45, 2.75) is 53.4 Å². The maximum Gasteiger partial charge on any atom is 0.307 e. The lowest BCUT2D eigenvalue weighted by Gasteiger charge is -2.42. The number of carboxylic acids is 1. The molecule has 2 heteroatoms. The Kier molecular flexibility index (Phi) is 2.03. The molecule has 15 heavy (non-hydrogen) atoms. The highest BCUT2D eigenvalue weighted by atomic mass is 16.4. The molecule has 1 spiro atoms. The van der Waals surface area contributed by atoms with Gasteiger partial charge in [-0.15, -0.1) is 0 Å². The number of aliphatic carboxylic acids is 1. The van der Waals surface area contributed by atoms with Gasteiger partial charge in [-0.2, -0.15) is 0 Å². The lowest BCUT2D eigenvalue weighted by molar-refractivity contribution is -0.141. The van der Waals surface area contributed by atoms with Gasteiger partial charge in [-0.25, -0.2) is 0 Å². The van der Waals surface area contributed by atoms with Crippen LogP contribution in [0.1, 0.15) is 53.4 Å². The van der Waals surface area contributed by atoms with Crippen LogP contribution in [-0.2, 0) is 4.79 Å². The van der Waals surface area contributed by atoms with E-state index < -0.39 is 5.97 Å². The van der Waals surface area contributed by atoms with Crippen LogP contribution < -0.4 is 0 Å². The minimum atomic E-state index is -0.588. The number of rotatable bonds is 1. The smallest absolute Gasteiger partial charge is 0.307 e. The SMILES string of the molecule is CC1(C)CCCCC12C(C(=O)O)C2(C)C. The number of carboxylic acid groups (broad SMARTS) is 1. The molecule has 0 aromatic carbocycles. The Balaban J connectivity index is 2.38. The van der Waals surface area contributed by atoms with Crippen LogP contribution in [0.2, 0.25) is 0 Å². The molecule has 2 nitrogen and oxygen atoms in total. The summed E-state index contributed by atoms with van der Waals surface area (Å²) in [5.41, 5.74) is 0.241. The fourth-order valence-corrected chi connectivity index (χ4v) is 4.63. The third kappa shape index (κ3) is 1.08. The molecule has 2 aliphatic carbocycles. The zero-order chi connectivity index (χ0) is 11.5. The van der Waals surface area contributed by atoms with Crippen LogP contribution in [0.4, 0.5) is 0 Å². The second-order valence-corrected chi connectivity index (χ2v) is 6.56. The lowest BCUT2D eigenvalue weighted by Crippen LogP contribution is -2.34. The highest BCUT2D eigenvalue weighted by Gasteiger charge is 2.78. The molecule has 0 aromatic rings. The first-order valence-corrected chi connectivity index (χ1v) is 6.00. The van der Waals surface area contributed by atoms with Crippen LogP contribution in [-0.4, -0.2) is 11.1 Å². The topological polar surface area (TPSA) is 37.3 Å². The van der Waals surface area contributed by atoms with Gasteiger partial charge in [0, 0.05) is 0 Å². The molecule has 0 heterocycles. The van der Waals surface area contributed by atoms with Gasteiger partial charge in [-0.1, -0.05) is 40.5 Å². The highest BCUT2D eigenvalue weighted by Crippen LogP contribution is 2.80. The molecule has 0 amide bonds. The third-order valence-electron chi connectivity index (χ3n) is 5.36. The van der Waals surface area contributed by atoms with Gasteiger partial charge in [0.2, 0.25) is 0 Å². The number of carbonyl (C=O) groups is 1. The number of hydrogen-bond donors (Lipinski definition) is 1. The van der Waals surface area contributed by atoms with Crippen molar-refractivity contribution in [1.29, 1.82) is 0 Å². The lowest BCUT2D eigenvalue weighted by atomic mass is 9.62. The second kappa shape index (κ2) is 2.78. The van der Waals surface area contributed by atoms with E-state index >= 15 is 0 Å². The van der Waals surface area contributed by atoms with E-state index in [1.165, 1.54) is 19.3 Å². The van der Waals surface area contributed by atoms with Crippen molar-refractivity contribution in [3.8, 4) is 0 Å². The van der Waals surface area contributed by atoms with Crippen LogP contribution in [0.5, 0.6) is 0 Å². The fourth-order valence-electron chi connectivity index (χ4n) is 4.63. The predicted molar refractivity (Wildman–Crippen MR) is 59.6 cm³/mol. The van der Waals surface area contributed by atoms with Crippen LogP contribution in [0, 0.1) is 22.2 Å². The molecule has 2 fully saturated rings. The van der Waals surface area contributed by atoms with Gasteiger partial charge < -0.3 is 5.11 Å². The highest BCUT2D eigenvalue weighted by molar-refractivity contribution is 5.77. The molecule has 86 valence electrons. The third-order valence-corrected chi connectivity index (χ3v) is 5.36. The van der Waals surface area contributed by atoms with Crippen molar-refractivity contribution >= 4 is 5.97 Å². The van der Waals surface area contributed by atoms with E-state index in [0.717, 1.165) is 6.42 Å². The monoisotopic (exact) mass is 210 g/mol. The molecule has 0 saturated heterocycles. The van der Waals surface area contributed by atoms with Crippen LogP contribution >= 0.6 is 0 Å². The van der Waals surface area contributed by atoms with E-state index in [4.69, 9.17) is 0 Å². The first kappa shape index (κ1) is 11.0. The van der Waals surface area contributed by atoms with E-state index in [1.54, 1.807) is 0 Å². The average Bonchev–Trinajstić information content (AvgIpc) is 2.56. The average molecular weight is 210 g/mol. The Morgan fingerprint density at radius 3 is 2.07 bits per heavy atom. The molecule has 0 aliphatic heterocycles. The van der Waals surface area contributed by atoms with E-state index in [0.29, 0.717) is 0 Å². The molecule has 2 aliphatic rings. The van der Waals surface area contributed by atoms with Gasteiger partial charge in [-0.3, -0.25) is 4.79 Å². The summed E-state index contributed by atoms with van der Waals surface area (Å²) in [6.45, 7) is 8.80. The summed E-state index contributed by atoms with van der Waals surface area (Å²) in [5.74, 6) is -0.713. The van der Waals surface area contributed by atoms with Crippen molar-refractivity contribution in [1.82, 2.24) is 0 Å². The Labute approximate surface area is 92.1 Å². The predicted octanol–water partition coefficient (Wildman–Crippen LogP) is 3.31. The number of hydrogen-bond acceptors (Lipinski definition) is 1. The first-order chi connectivity index (χ1) is 6.77. The summed E-state index contributed by atoms with van der Waals surface area (Å²) in [4.78, 5) is 11.3. The Hall–Kier alpha value is -0.530. The minimum absolute atomic E-state index is 0.0112. The Morgan fingerprint density at radius 1 is 1.13 bits per heavy atom. The summed E-state index contributed by atoms with van der Waals surface area (Å²) >= 11 is 0. The van der Waals surface area contributed by atoms with Gasteiger partial charge in [0.25, 0.3) is 0 Å². The van der Waals surface area contributed by atoms with Crippen LogP contribution in [0.15, 0.2) is 0 Å². The molecule has 2 unspecified atom stereocenters. The van der Waals surface area contributed by atoms with E-state index in [-0.39, 0.29) is 22.2 Å². The molecule has 0 radical (unpaired) electrons. The Morgan fingerprint density at radius 2 is 1.67 bits per heavy atom. The van der Waals surface area contributed by atoms with Crippen molar-refractivity contribution in [3.63, 3.8) is 0 Å². The molecule has 0 bridgehead atoms. The minimum Gasteiger partial charge on any atom is -0.481 e. The molecular formula is C13H22O2. The maximum absolute atomic E-state index is 11.3. The fraction of sp³-hybridized carbons (Fsp3) is 0.923. The van der Waals surface area contributed by atoms with Crippen LogP contribution in [0.25, 0.3) is 0 Å². The Bertz CT molecular complexity index is 304. The first-order valence-electron chi connectivity index (χ1n) is 6.00. The maximum atomic E-state index is 11.3. The molecule has 1 N–H and O–H groups in total. The van der Waals surface area contributed by atoms with E-state index in [9.17, 15) is 9.90 Å². The molecule has 2 rings (SSSR count). The van der Waals surface area contributed by atoms with Gasteiger partial charge in [0.15, 0.2) is 0 Å². The molecule has 0 aromatic heterocycles. The van der Waals surface area contributed by atoms with Crippen molar-refractivity contribution in [3.05, 3.63) is 0 Å². The summed E-state index contributed by atoms with van der Waals surface area (Å²) in [6, 6.07) is 0. The van der Waals surface area contributed by atoms with Crippen molar-refractivity contribution < 1.29 is 9.90 Å². The second-order valence-electron chi connectivity index (χ2n) is 6.56. The summed E-state index contributed by atoms with van der Waals surface area (Å²) < 4.78 is 0. The molecule has 2 atom stereocenters. The van der Waals surface area contributed by atoms with Gasteiger partial charge in [0.1, 0.15) is 0 Å². The molecular weight excluding hydrogens is 188 g/mol. The van der Waals surface area contributed by atoms with Gasteiger partial charge >= 0.3 is 5.97 Å². The van der Waals surface area contributed by atoms with E-state index in [2.05, 4.69) is 27.7 Å². The summed E-state index contributed by atoms with van der Waals surface area (Å²) in [5, 5.41) is 9.34. The van der Waals surface area contributed by atoms with Crippen LogP contribution in [0.3, 0.4) is 0 Å². The zero-order valence-corrected chi connectivity index (χ0v) is 10.3. The van der Waals surface area contributed by atoms with Gasteiger partial charge in [-0.05, 0) is 29.1 Å². The summed E-state index contributed by atoms with van der Waals surface area (Å²) in [7, 11) is 0. The van der Waals surface area contributed by atoms with Crippen molar-refractivity contribution in [2.24, 2.45) is 22.2 Å². The quantitative estimate of drug-likeness (QED) is 0.721. The van der Waals surface area contributed by atoms with E-state index in [1.807, 2.05) is 0 Å². The standard InChI is InChI=1S/C13H22O2/c1-11(2)7-5-6-8-13(11)9(10(14)15)12(13,3)4/h9H,5-8H2,1-4H3,(H,14,15). The van der Waals surface area contributed by atoms with Gasteiger partial charge in [0.05, 0.1) is 5.92 Å². The summed E-state index contributed by atoms with van der Waals surface area (Å²) in [6.07, 6.45) is 4.75. The largest absolute Gasteiger partial charge is 0.481 e. The molecule has 2 saturated carbocycles. The van der Waals surface area contributed by atoms with Crippen molar-refractivity contribution in [2.75, 3.05) is 0 Å². The zero-order valence-electron chi connectivity index (χ0n) is 10.3.